The molecule has 33 heavy (non-hydrogen) atoms. The topological polar surface area (TPSA) is 38.8 Å². The monoisotopic (exact) mass is 491 g/mol. The lowest BCUT2D eigenvalue weighted by Gasteiger charge is -2.42. The molecular weight excluding hydrogens is 446 g/mol. The SMILES string of the molecule is COC[C@@H](c1ccccc1)N1C(=O)CC[C@H]1[C@@H](C)/C(=C\O[Si](C(C)C)(C(C)C)C(C)C)SC. The van der Waals surface area contributed by atoms with Crippen LogP contribution in [-0.4, -0.2) is 45.1 Å². The minimum absolute atomic E-state index is 0.0712. The first kappa shape index (κ1) is 28.0. The Balaban J connectivity index is 2.37. The van der Waals surface area contributed by atoms with Crippen LogP contribution in [0.15, 0.2) is 41.5 Å². The van der Waals surface area contributed by atoms with Gasteiger partial charge in [-0.2, -0.15) is 0 Å². The fourth-order valence-electron chi connectivity index (χ4n) is 5.89. The van der Waals surface area contributed by atoms with E-state index in [1.807, 2.05) is 18.2 Å². The number of ether oxygens (including phenoxy) is 1. The number of methoxy groups -OCH3 is 1. The van der Waals surface area contributed by atoms with E-state index in [2.05, 4.69) is 78.0 Å². The zero-order chi connectivity index (χ0) is 24.8. The van der Waals surface area contributed by atoms with Crippen LogP contribution in [0.1, 0.15) is 72.9 Å². The molecule has 0 aromatic heterocycles. The minimum Gasteiger partial charge on any atom is -0.547 e. The smallest absolute Gasteiger partial charge is 0.258 e. The molecule has 4 nitrogen and oxygen atoms in total. The Morgan fingerprint density at radius 3 is 2.15 bits per heavy atom. The standard InChI is InChI=1S/C27H45NO3SSi/c1-19(2)33(20(3)4,21(5)6)31-18-26(32-9)22(7)24-15-16-27(29)28(24)25(17-30-8)23-13-11-10-12-14-23/h10-14,18-22,24-25H,15-17H2,1-9H3/b26-18+/t22-,24+,25+/m1/s1. The summed E-state index contributed by atoms with van der Waals surface area (Å²) in [5.41, 5.74) is 2.71. The highest BCUT2D eigenvalue weighted by molar-refractivity contribution is 8.02. The lowest BCUT2D eigenvalue weighted by atomic mass is 9.96. The fourth-order valence-corrected chi connectivity index (χ4v) is 11.8. The zero-order valence-corrected chi connectivity index (χ0v) is 23.9. The van der Waals surface area contributed by atoms with Crippen LogP contribution >= 0.6 is 11.8 Å². The molecule has 1 saturated heterocycles. The van der Waals surface area contributed by atoms with Crippen LogP contribution in [0.4, 0.5) is 0 Å². The second-order valence-electron chi connectivity index (χ2n) is 10.2. The average Bonchev–Trinajstić information content (AvgIpc) is 3.15. The summed E-state index contributed by atoms with van der Waals surface area (Å²) >= 11 is 1.75. The molecule has 0 N–H and O–H groups in total. The Kier molecular flexibility index (Phi) is 10.6. The van der Waals surface area contributed by atoms with Gasteiger partial charge in [0, 0.05) is 30.4 Å². The summed E-state index contributed by atoms with van der Waals surface area (Å²) in [4.78, 5) is 16.4. The van der Waals surface area contributed by atoms with Crippen molar-refractivity contribution in [3.05, 3.63) is 47.1 Å². The summed E-state index contributed by atoms with van der Waals surface area (Å²) in [5.74, 6) is 0.419. The molecule has 6 heteroatoms. The van der Waals surface area contributed by atoms with Gasteiger partial charge >= 0.3 is 0 Å². The highest BCUT2D eigenvalue weighted by atomic mass is 32.2. The van der Waals surface area contributed by atoms with Gasteiger partial charge in [-0.15, -0.1) is 11.8 Å². The molecule has 2 rings (SSSR count). The van der Waals surface area contributed by atoms with Gasteiger partial charge in [0.25, 0.3) is 8.32 Å². The largest absolute Gasteiger partial charge is 0.547 e. The van der Waals surface area contributed by atoms with Crippen LogP contribution < -0.4 is 0 Å². The summed E-state index contributed by atoms with van der Waals surface area (Å²) in [6, 6.07) is 10.3. The van der Waals surface area contributed by atoms with Crippen molar-refractivity contribution in [2.45, 2.75) is 90.0 Å². The highest BCUT2D eigenvalue weighted by Gasteiger charge is 2.47. The number of nitrogens with zero attached hydrogens (tertiary/aromatic N) is 1. The predicted octanol–water partition coefficient (Wildman–Crippen LogP) is 7.40. The van der Waals surface area contributed by atoms with Gasteiger partial charge in [0.15, 0.2) is 0 Å². The molecule has 0 aliphatic carbocycles. The summed E-state index contributed by atoms with van der Waals surface area (Å²) < 4.78 is 12.4. The fraction of sp³-hybridized carbons (Fsp3) is 0.667. The van der Waals surface area contributed by atoms with Gasteiger partial charge in [0.1, 0.15) is 0 Å². The normalized spacial score (nSPS) is 19.6. The molecule has 1 aromatic rings. The van der Waals surface area contributed by atoms with Crippen molar-refractivity contribution < 1.29 is 14.0 Å². The van der Waals surface area contributed by atoms with E-state index in [4.69, 9.17) is 9.16 Å². The van der Waals surface area contributed by atoms with Crippen LogP contribution in [0.5, 0.6) is 0 Å². The molecule has 1 amide bonds. The summed E-state index contributed by atoms with van der Waals surface area (Å²) in [6.07, 6.45) is 5.65. The maximum Gasteiger partial charge on any atom is 0.258 e. The van der Waals surface area contributed by atoms with Gasteiger partial charge in [-0.05, 0) is 34.9 Å². The van der Waals surface area contributed by atoms with E-state index in [1.54, 1.807) is 18.9 Å². The van der Waals surface area contributed by atoms with Crippen LogP contribution in [-0.2, 0) is 14.0 Å². The number of hydrogen-bond acceptors (Lipinski definition) is 4. The maximum atomic E-state index is 13.1. The number of amides is 1. The van der Waals surface area contributed by atoms with Crippen molar-refractivity contribution in [1.82, 2.24) is 4.90 Å². The van der Waals surface area contributed by atoms with Crippen LogP contribution in [0.25, 0.3) is 0 Å². The summed E-state index contributed by atoms with van der Waals surface area (Å²) in [5, 5.41) is 0. The van der Waals surface area contributed by atoms with Gasteiger partial charge in [0.05, 0.1) is 18.9 Å². The third-order valence-electron chi connectivity index (χ3n) is 7.49. The molecule has 0 unspecified atom stereocenters. The summed E-state index contributed by atoms with van der Waals surface area (Å²) in [6.45, 7) is 16.6. The number of thioether (sulfide) groups is 1. The molecule has 0 bridgehead atoms. The molecule has 1 aromatic carbocycles. The predicted molar refractivity (Wildman–Crippen MR) is 144 cm³/mol. The first-order valence-electron chi connectivity index (χ1n) is 12.4. The highest BCUT2D eigenvalue weighted by Crippen LogP contribution is 2.44. The maximum absolute atomic E-state index is 13.1. The molecule has 3 atom stereocenters. The van der Waals surface area contributed by atoms with Gasteiger partial charge < -0.3 is 14.1 Å². The molecule has 1 heterocycles. The molecule has 0 saturated carbocycles. The minimum atomic E-state index is -2.00. The first-order valence-corrected chi connectivity index (χ1v) is 15.7. The molecule has 1 aliphatic heterocycles. The van der Waals surface area contributed by atoms with Gasteiger partial charge in [0.2, 0.25) is 5.91 Å². The second-order valence-corrected chi connectivity index (χ2v) is 16.5. The number of likely N-dealkylation sites (tertiary alicyclic amines) is 1. The van der Waals surface area contributed by atoms with E-state index in [0.29, 0.717) is 29.7 Å². The van der Waals surface area contributed by atoms with Crippen molar-refractivity contribution in [2.24, 2.45) is 5.92 Å². The molecule has 1 fully saturated rings. The lowest BCUT2D eigenvalue weighted by molar-refractivity contribution is -0.133. The summed E-state index contributed by atoms with van der Waals surface area (Å²) in [7, 11) is -0.288. The van der Waals surface area contributed by atoms with E-state index in [9.17, 15) is 4.79 Å². The van der Waals surface area contributed by atoms with E-state index in [-0.39, 0.29) is 23.9 Å². The van der Waals surface area contributed by atoms with E-state index >= 15 is 0 Å². The molecule has 0 radical (unpaired) electrons. The Morgan fingerprint density at radius 2 is 1.67 bits per heavy atom. The van der Waals surface area contributed by atoms with Crippen LogP contribution in [0.2, 0.25) is 16.6 Å². The Morgan fingerprint density at radius 1 is 1.09 bits per heavy atom. The van der Waals surface area contributed by atoms with E-state index < -0.39 is 8.32 Å². The van der Waals surface area contributed by atoms with Gasteiger partial charge in [-0.3, -0.25) is 4.79 Å². The number of carbonyl (C=O) groups excluding carboxylic acids is 1. The zero-order valence-electron chi connectivity index (χ0n) is 22.1. The Labute approximate surface area is 207 Å². The second kappa shape index (κ2) is 12.5. The molecule has 0 spiro atoms. The Bertz CT molecular complexity index is 759. The quantitative estimate of drug-likeness (QED) is 0.225. The number of benzene rings is 1. The van der Waals surface area contributed by atoms with Crippen LogP contribution in [0, 0.1) is 5.92 Å². The van der Waals surface area contributed by atoms with Gasteiger partial charge in [-0.25, -0.2) is 0 Å². The van der Waals surface area contributed by atoms with Crippen molar-refractivity contribution in [3.8, 4) is 0 Å². The third kappa shape index (κ3) is 6.07. The van der Waals surface area contributed by atoms with Crippen molar-refractivity contribution in [1.29, 1.82) is 0 Å². The van der Waals surface area contributed by atoms with E-state index in [0.717, 1.165) is 12.0 Å². The van der Waals surface area contributed by atoms with Gasteiger partial charge in [-0.1, -0.05) is 78.8 Å². The number of rotatable bonds is 12. The third-order valence-corrected chi connectivity index (χ3v) is 14.4. The van der Waals surface area contributed by atoms with Crippen molar-refractivity contribution in [2.75, 3.05) is 20.0 Å². The van der Waals surface area contributed by atoms with Crippen LogP contribution in [0.3, 0.4) is 0 Å². The first-order chi connectivity index (χ1) is 15.6. The molecule has 186 valence electrons. The van der Waals surface area contributed by atoms with Crippen molar-refractivity contribution in [3.63, 3.8) is 0 Å². The Hall–Kier alpha value is -1.24. The lowest BCUT2D eigenvalue weighted by Crippen LogP contribution is -2.46. The molecular formula is C27H45NO3SSi. The average molecular weight is 492 g/mol. The number of hydrogen-bond donors (Lipinski definition) is 0. The van der Waals surface area contributed by atoms with Crippen molar-refractivity contribution >= 4 is 26.0 Å². The number of carbonyl (C=O) groups is 1. The van der Waals surface area contributed by atoms with E-state index in [1.165, 1.54) is 4.91 Å². The molecule has 1 aliphatic rings.